The molecule has 4 rings (SSSR count). The van der Waals surface area contributed by atoms with Crippen LogP contribution in [0.3, 0.4) is 0 Å². The smallest absolute Gasteiger partial charge is 0.285 e. The summed E-state index contributed by atoms with van der Waals surface area (Å²) in [5.74, 6) is 1.91. The Hall–Kier alpha value is -2.51. The second-order valence-corrected chi connectivity index (χ2v) is 6.71. The number of hydrogen-bond donors (Lipinski definition) is 0. The number of hydrogen-bond acceptors (Lipinski definition) is 7. The third kappa shape index (κ3) is 3.54. The van der Waals surface area contributed by atoms with Crippen LogP contribution in [-0.2, 0) is 11.3 Å². The Morgan fingerprint density at radius 3 is 2.62 bits per heavy atom. The molecule has 1 aliphatic rings. The van der Waals surface area contributed by atoms with Crippen LogP contribution in [0.25, 0.3) is 11.7 Å². The van der Waals surface area contributed by atoms with Gasteiger partial charge in [-0.15, -0.1) is 10.2 Å². The number of morpholine rings is 1. The van der Waals surface area contributed by atoms with Crippen molar-refractivity contribution in [3.8, 4) is 11.7 Å². The Morgan fingerprint density at radius 1 is 1.08 bits per heavy atom. The Labute approximate surface area is 152 Å². The molecule has 0 unspecified atom stereocenters. The Bertz CT molecular complexity index is 874. The SMILES string of the molecule is Cc1nc(C)c(-c2nnc([C@H]3CN(Cc4ccccc4)C[C@@H](C)O3)o2)o1. The fourth-order valence-electron chi connectivity index (χ4n) is 3.33. The molecule has 7 heteroatoms. The molecule has 1 fully saturated rings. The molecule has 2 aromatic heterocycles. The van der Waals surface area contributed by atoms with Crippen molar-refractivity contribution in [1.82, 2.24) is 20.1 Å². The largest absolute Gasteiger partial charge is 0.436 e. The van der Waals surface area contributed by atoms with Crippen LogP contribution in [0.2, 0.25) is 0 Å². The molecule has 0 amide bonds. The maximum Gasteiger partial charge on any atom is 0.285 e. The van der Waals surface area contributed by atoms with Crippen molar-refractivity contribution in [2.45, 2.75) is 39.5 Å². The van der Waals surface area contributed by atoms with Crippen LogP contribution >= 0.6 is 0 Å². The van der Waals surface area contributed by atoms with Crippen molar-refractivity contribution in [2.24, 2.45) is 0 Å². The molecule has 1 aromatic carbocycles. The number of aromatic nitrogens is 3. The van der Waals surface area contributed by atoms with Gasteiger partial charge in [0.1, 0.15) is 6.10 Å². The van der Waals surface area contributed by atoms with Crippen LogP contribution in [0.5, 0.6) is 0 Å². The first kappa shape index (κ1) is 16.9. The fraction of sp³-hybridized carbons (Fsp3) is 0.421. The van der Waals surface area contributed by atoms with E-state index in [4.69, 9.17) is 13.6 Å². The molecule has 0 saturated carbocycles. The average Bonchev–Trinajstić information content (AvgIpc) is 3.21. The van der Waals surface area contributed by atoms with Gasteiger partial charge in [-0.3, -0.25) is 4.90 Å². The molecule has 136 valence electrons. The van der Waals surface area contributed by atoms with Crippen LogP contribution in [-0.4, -0.2) is 39.3 Å². The van der Waals surface area contributed by atoms with Crippen molar-refractivity contribution in [3.05, 3.63) is 53.4 Å². The van der Waals surface area contributed by atoms with Crippen molar-refractivity contribution in [1.29, 1.82) is 0 Å². The third-order valence-electron chi connectivity index (χ3n) is 4.40. The van der Waals surface area contributed by atoms with Crippen LogP contribution in [0.1, 0.15) is 36.1 Å². The van der Waals surface area contributed by atoms with Gasteiger partial charge >= 0.3 is 0 Å². The maximum absolute atomic E-state index is 6.04. The zero-order chi connectivity index (χ0) is 18.1. The molecule has 3 heterocycles. The van der Waals surface area contributed by atoms with Crippen molar-refractivity contribution >= 4 is 0 Å². The van der Waals surface area contributed by atoms with Crippen LogP contribution in [0.15, 0.2) is 39.2 Å². The van der Waals surface area contributed by atoms with Gasteiger partial charge in [0.05, 0.1) is 11.8 Å². The summed E-state index contributed by atoms with van der Waals surface area (Å²) in [4.78, 5) is 6.60. The number of rotatable bonds is 4. The Kier molecular flexibility index (Phi) is 4.57. The highest BCUT2D eigenvalue weighted by Gasteiger charge is 2.31. The predicted molar refractivity (Wildman–Crippen MR) is 94.3 cm³/mol. The summed E-state index contributed by atoms with van der Waals surface area (Å²) >= 11 is 0. The van der Waals surface area contributed by atoms with Gasteiger partial charge in [-0.1, -0.05) is 30.3 Å². The van der Waals surface area contributed by atoms with Gasteiger partial charge in [0.15, 0.2) is 5.89 Å². The molecule has 0 N–H and O–H groups in total. The highest BCUT2D eigenvalue weighted by atomic mass is 16.5. The lowest BCUT2D eigenvalue weighted by Crippen LogP contribution is -2.42. The minimum atomic E-state index is -0.256. The molecule has 3 aromatic rings. The van der Waals surface area contributed by atoms with E-state index in [1.54, 1.807) is 6.92 Å². The van der Waals surface area contributed by atoms with Crippen LogP contribution < -0.4 is 0 Å². The highest BCUT2D eigenvalue weighted by molar-refractivity contribution is 5.46. The highest BCUT2D eigenvalue weighted by Crippen LogP contribution is 2.29. The summed E-state index contributed by atoms with van der Waals surface area (Å²) in [6.45, 7) is 8.15. The van der Waals surface area contributed by atoms with E-state index < -0.39 is 0 Å². The maximum atomic E-state index is 6.04. The molecule has 2 atom stereocenters. The first-order chi connectivity index (χ1) is 12.6. The van der Waals surface area contributed by atoms with Crippen LogP contribution in [0, 0.1) is 13.8 Å². The second kappa shape index (κ2) is 7.01. The van der Waals surface area contributed by atoms with Gasteiger partial charge in [0, 0.05) is 26.6 Å². The number of nitrogens with zero attached hydrogens (tertiary/aromatic N) is 4. The van der Waals surface area contributed by atoms with Gasteiger partial charge in [-0.25, -0.2) is 4.98 Å². The van der Waals surface area contributed by atoms with Crippen molar-refractivity contribution in [2.75, 3.05) is 13.1 Å². The minimum Gasteiger partial charge on any atom is -0.436 e. The van der Waals surface area contributed by atoms with Gasteiger partial charge in [-0.05, 0) is 19.4 Å². The van der Waals surface area contributed by atoms with Gasteiger partial charge in [0.2, 0.25) is 11.7 Å². The fourth-order valence-corrected chi connectivity index (χ4v) is 3.33. The average molecular weight is 354 g/mol. The molecule has 1 aliphatic heterocycles. The van der Waals surface area contributed by atoms with E-state index in [1.807, 2.05) is 13.0 Å². The molecule has 0 bridgehead atoms. The van der Waals surface area contributed by atoms with Crippen LogP contribution in [0.4, 0.5) is 0 Å². The predicted octanol–water partition coefficient (Wildman–Crippen LogP) is 3.30. The van der Waals surface area contributed by atoms with Crippen molar-refractivity contribution in [3.63, 3.8) is 0 Å². The normalized spacial score (nSPS) is 21.2. The van der Waals surface area contributed by atoms with E-state index in [9.17, 15) is 0 Å². The van der Waals surface area contributed by atoms with E-state index in [-0.39, 0.29) is 12.2 Å². The molecule has 7 nitrogen and oxygen atoms in total. The topological polar surface area (TPSA) is 77.4 Å². The lowest BCUT2D eigenvalue weighted by Gasteiger charge is -2.35. The minimum absolute atomic E-state index is 0.0853. The lowest BCUT2D eigenvalue weighted by atomic mass is 10.1. The van der Waals surface area contributed by atoms with E-state index in [0.29, 0.717) is 30.0 Å². The summed E-state index contributed by atoms with van der Waals surface area (Å²) in [5.41, 5.74) is 2.01. The van der Waals surface area contributed by atoms with E-state index in [1.165, 1.54) is 5.56 Å². The summed E-state index contributed by atoms with van der Waals surface area (Å²) in [5, 5.41) is 8.31. The first-order valence-corrected chi connectivity index (χ1v) is 8.78. The quantitative estimate of drug-likeness (QED) is 0.711. The van der Waals surface area contributed by atoms with Gasteiger partial charge in [-0.2, -0.15) is 0 Å². The van der Waals surface area contributed by atoms with Crippen molar-refractivity contribution < 1.29 is 13.6 Å². The van der Waals surface area contributed by atoms with E-state index in [2.05, 4.69) is 51.3 Å². The zero-order valence-electron chi connectivity index (χ0n) is 15.2. The third-order valence-corrected chi connectivity index (χ3v) is 4.40. The number of benzene rings is 1. The molecule has 0 radical (unpaired) electrons. The summed E-state index contributed by atoms with van der Waals surface area (Å²) in [6.07, 6.45) is -0.171. The Balaban J connectivity index is 1.51. The number of oxazole rings is 1. The molecular weight excluding hydrogens is 332 g/mol. The van der Waals surface area contributed by atoms with Gasteiger partial charge < -0.3 is 13.6 Å². The van der Waals surface area contributed by atoms with E-state index in [0.717, 1.165) is 18.8 Å². The molecule has 1 saturated heterocycles. The molecule has 0 spiro atoms. The summed E-state index contributed by atoms with van der Waals surface area (Å²) < 4.78 is 17.4. The second-order valence-electron chi connectivity index (χ2n) is 6.71. The number of aryl methyl sites for hydroxylation is 2. The Morgan fingerprint density at radius 2 is 1.88 bits per heavy atom. The lowest BCUT2D eigenvalue weighted by molar-refractivity contribution is -0.0914. The monoisotopic (exact) mass is 354 g/mol. The molecular formula is C19H22N4O3. The summed E-state index contributed by atoms with van der Waals surface area (Å²) in [6, 6.07) is 10.4. The molecule has 0 aliphatic carbocycles. The standard InChI is InChI=1S/C19H22N4O3/c1-12-9-23(10-15-7-5-4-6-8-15)11-16(24-12)18-21-22-19(26-18)17-13(2)20-14(3)25-17/h4-8,12,16H,9-11H2,1-3H3/t12-,16-/m1/s1. The van der Waals surface area contributed by atoms with E-state index >= 15 is 0 Å². The first-order valence-electron chi connectivity index (χ1n) is 8.78. The summed E-state index contributed by atoms with van der Waals surface area (Å²) in [7, 11) is 0. The zero-order valence-corrected chi connectivity index (χ0v) is 15.2. The molecule has 26 heavy (non-hydrogen) atoms. The number of ether oxygens (including phenoxy) is 1. The van der Waals surface area contributed by atoms with Gasteiger partial charge in [0.25, 0.3) is 5.89 Å².